The molecule has 0 radical (unpaired) electrons. The summed E-state index contributed by atoms with van der Waals surface area (Å²) in [5.41, 5.74) is 11.2. The summed E-state index contributed by atoms with van der Waals surface area (Å²) < 4.78 is 5.63. The number of anilines is 2. The minimum Gasteiger partial charge on any atom is -0.486 e. The smallest absolute Gasteiger partial charge is 0.222 e. The van der Waals surface area contributed by atoms with Crippen molar-refractivity contribution >= 4 is 17.8 Å². The van der Waals surface area contributed by atoms with E-state index < -0.39 is 0 Å². The van der Waals surface area contributed by atoms with Crippen LogP contribution in [0.1, 0.15) is 6.42 Å². The molecule has 20 heavy (non-hydrogen) atoms. The van der Waals surface area contributed by atoms with Crippen molar-refractivity contribution in [3.63, 3.8) is 0 Å². The third-order valence-electron chi connectivity index (χ3n) is 3.10. The summed E-state index contributed by atoms with van der Waals surface area (Å²) >= 11 is 0. The molecule has 2 heterocycles. The molecular formula is C14H15N5O. The largest absolute Gasteiger partial charge is 0.486 e. The molecule has 6 heteroatoms. The lowest BCUT2D eigenvalue weighted by atomic mass is 10.1. The number of nitrogen functional groups attached to an aromatic ring is 2. The molecule has 1 aromatic carbocycles. The summed E-state index contributed by atoms with van der Waals surface area (Å²) in [7, 11) is 0. The standard InChI is InChI=1S/C14H15N5O/c15-13-12(7-17-14(16)19-13)20-8-10-6-5-9-3-1-2-4-11(9)18-10/h1-5,7,10H,6,8H2,(H4,15,16,17,19). The summed E-state index contributed by atoms with van der Waals surface area (Å²) in [5, 5.41) is 2.16. The number of rotatable bonds is 3. The molecule has 0 amide bonds. The lowest BCUT2D eigenvalue weighted by Gasteiger charge is -2.15. The average Bonchev–Trinajstić information content (AvgIpc) is 2.46. The van der Waals surface area contributed by atoms with E-state index in [-0.39, 0.29) is 17.8 Å². The van der Waals surface area contributed by atoms with Gasteiger partial charge in [-0.3, -0.25) is 4.99 Å². The fraction of sp³-hybridized carbons (Fsp3) is 0.214. The first kappa shape index (κ1) is 12.4. The highest BCUT2D eigenvalue weighted by molar-refractivity contribution is 5.46. The summed E-state index contributed by atoms with van der Waals surface area (Å²) in [4.78, 5) is 12.4. The Morgan fingerprint density at radius 3 is 2.95 bits per heavy atom. The number of nitrogens with zero attached hydrogens (tertiary/aromatic N) is 3. The van der Waals surface area contributed by atoms with E-state index in [2.05, 4.69) is 27.1 Å². The Morgan fingerprint density at radius 2 is 2.10 bits per heavy atom. The Bertz CT molecular complexity index is 743. The first-order valence-electron chi connectivity index (χ1n) is 6.36. The number of nitrogens with two attached hydrogens (primary N) is 2. The molecule has 0 bridgehead atoms. The van der Waals surface area contributed by atoms with Crippen LogP contribution in [0.2, 0.25) is 0 Å². The van der Waals surface area contributed by atoms with E-state index in [4.69, 9.17) is 16.2 Å². The molecule has 0 fully saturated rings. The van der Waals surface area contributed by atoms with Gasteiger partial charge in [0.1, 0.15) is 6.61 Å². The van der Waals surface area contributed by atoms with E-state index in [1.165, 1.54) is 11.4 Å². The third kappa shape index (κ3) is 2.54. The lowest BCUT2D eigenvalue weighted by Crippen LogP contribution is -2.33. The molecule has 1 atom stereocenters. The van der Waals surface area contributed by atoms with Crippen LogP contribution in [0.15, 0.2) is 35.5 Å². The van der Waals surface area contributed by atoms with Crippen molar-refractivity contribution in [1.29, 1.82) is 0 Å². The minimum atomic E-state index is 0.0712. The second-order valence-corrected chi connectivity index (χ2v) is 4.57. The van der Waals surface area contributed by atoms with Gasteiger partial charge in [0.25, 0.3) is 0 Å². The van der Waals surface area contributed by atoms with Crippen molar-refractivity contribution in [3.8, 4) is 5.75 Å². The molecule has 0 saturated carbocycles. The van der Waals surface area contributed by atoms with Crippen molar-refractivity contribution in [2.24, 2.45) is 4.99 Å². The molecule has 1 aliphatic rings. The van der Waals surface area contributed by atoms with Crippen molar-refractivity contribution in [3.05, 3.63) is 41.0 Å². The quantitative estimate of drug-likeness (QED) is 0.810. The Labute approximate surface area is 115 Å². The first-order valence-corrected chi connectivity index (χ1v) is 6.36. The van der Waals surface area contributed by atoms with Crippen LogP contribution in [-0.2, 0) is 0 Å². The third-order valence-corrected chi connectivity index (χ3v) is 3.10. The maximum Gasteiger partial charge on any atom is 0.222 e. The van der Waals surface area contributed by atoms with E-state index in [9.17, 15) is 0 Å². The predicted octanol–water partition coefficient (Wildman–Crippen LogP) is -0.108. The molecule has 102 valence electrons. The van der Waals surface area contributed by atoms with Crippen molar-refractivity contribution in [2.75, 3.05) is 18.1 Å². The van der Waals surface area contributed by atoms with Gasteiger partial charge in [-0.05, 0) is 17.7 Å². The Hall–Kier alpha value is -2.63. The van der Waals surface area contributed by atoms with Crippen LogP contribution in [0, 0.1) is 0 Å². The van der Waals surface area contributed by atoms with E-state index in [0.717, 1.165) is 11.8 Å². The van der Waals surface area contributed by atoms with Gasteiger partial charge in [0, 0.05) is 0 Å². The summed E-state index contributed by atoms with van der Waals surface area (Å²) in [5.74, 6) is 0.824. The normalized spacial score (nSPS) is 16.7. The van der Waals surface area contributed by atoms with E-state index in [1.807, 2.05) is 18.2 Å². The van der Waals surface area contributed by atoms with Gasteiger partial charge in [-0.25, -0.2) is 4.98 Å². The first-order chi connectivity index (χ1) is 9.72. The maximum atomic E-state index is 5.72. The molecule has 0 spiro atoms. The Balaban J connectivity index is 1.72. The van der Waals surface area contributed by atoms with Gasteiger partial charge in [-0.15, -0.1) is 0 Å². The highest BCUT2D eigenvalue weighted by atomic mass is 16.5. The number of hydrogen-bond acceptors (Lipinski definition) is 6. The zero-order valence-electron chi connectivity index (χ0n) is 10.9. The SMILES string of the molecule is Nc1ncc(OCC2CC=c3ccccc3=N2)c(N)n1. The molecule has 1 aromatic heterocycles. The number of aromatic nitrogens is 2. The molecule has 2 aromatic rings. The molecule has 6 nitrogen and oxygen atoms in total. The predicted molar refractivity (Wildman–Crippen MR) is 76.4 cm³/mol. The minimum absolute atomic E-state index is 0.0712. The second kappa shape index (κ2) is 5.16. The monoisotopic (exact) mass is 269 g/mol. The van der Waals surface area contributed by atoms with Crippen LogP contribution in [0.4, 0.5) is 11.8 Å². The number of fused-ring (bicyclic) bond motifs is 1. The molecule has 0 aliphatic carbocycles. The highest BCUT2D eigenvalue weighted by Crippen LogP contribution is 2.18. The summed E-state index contributed by atoms with van der Waals surface area (Å²) in [6.07, 6.45) is 4.49. The summed E-state index contributed by atoms with van der Waals surface area (Å²) in [6.45, 7) is 0.433. The topological polar surface area (TPSA) is 99.4 Å². The number of para-hydroxylation sites is 1. The number of hydrogen-bond donors (Lipinski definition) is 2. The number of ether oxygens (including phenoxy) is 1. The van der Waals surface area contributed by atoms with Gasteiger partial charge in [0.15, 0.2) is 11.6 Å². The Morgan fingerprint density at radius 1 is 1.25 bits per heavy atom. The maximum absolute atomic E-state index is 5.72. The van der Waals surface area contributed by atoms with Crippen LogP contribution in [-0.4, -0.2) is 22.6 Å². The summed E-state index contributed by atoms with van der Waals surface area (Å²) in [6, 6.07) is 8.11. The lowest BCUT2D eigenvalue weighted by molar-refractivity contribution is 0.288. The van der Waals surface area contributed by atoms with Gasteiger partial charge in [0.05, 0.1) is 17.6 Å². The van der Waals surface area contributed by atoms with E-state index in [0.29, 0.717) is 12.4 Å². The zero-order chi connectivity index (χ0) is 13.9. The molecule has 1 aliphatic heterocycles. The molecule has 1 unspecified atom stereocenters. The Kier molecular flexibility index (Phi) is 3.20. The number of benzene rings is 1. The fourth-order valence-electron chi connectivity index (χ4n) is 2.09. The van der Waals surface area contributed by atoms with Gasteiger partial charge >= 0.3 is 0 Å². The van der Waals surface area contributed by atoms with Gasteiger partial charge in [0.2, 0.25) is 5.95 Å². The van der Waals surface area contributed by atoms with Gasteiger partial charge < -0.3 is 16.2 Å². The highest BCUT2D eigenvalue weighted by Gasteiger charge is 2.11. The fourth-order valence-corrected chi connectivity index (χ4v) is 2.09. The molecule has 4 N–H and O–H groups in total. The zero-order valence-corrected chi connectivity index (χ0v) is 10.9. The van der Waals surface area contributed by atoms with Gasteiger partial charge in [-0.2, -0.15) is 4.98 Å². The average molecular weight is 269 g/mol. The van der Waals surface area contributed by atoms with E-state index >= 15 is 0 Å². The van der Waals surface area contributed by atoms with Crippen LogP contribution in [0.3, 0.4) is 0 Å². The van der Waals surface area contributed by atoms with Crippen molar-refractivity contribution in [2.45, 2.75) is 12.5 Å². The molecular weight excluding hydrogens is 254 g/mol. The van der Waals surface area contributed by atoms with E-state index in [1.54, 1.807) is 0 Å². The second-order valence-electron chi connectivity index (χ2n) is 4.57. The van der Waals surface area contributed by atoms with Crippen LogP contribution < -0.4 is 26.8 Å². The van der Waals surface area contributed by atoms with Crippen LogP contribution in [0.25, 0.3) is 6.08 Å². The van der Waals surface area contributed by atoms with Crippen molar-refractivity contribution in [1.82, 2.24) is 9.97 Å². The van der Waals surface area contributed by atoms with Crippen molar-refractivity contribution < 1.29 is 4.74 Å². The van der Waals surface area contributed by atoms with Crippen LogP contribution in [0.5, 0.6) is 5.75 Å². The van der Waals surface area contributed by atoms with Crippen LogP contribution >= 0.6 is 0 Å². The van der Waals surface area contributed by atoms with Gasteiger partial charge in [-0.1, -0.05) is 24.3 Å². The molecule has 0 saturated heterocycles. The molecule has 3 rings (SSSR count).